The van der Waals surface area contributed by atoms with Crippen molar-refractivity contribution in [3.8, 4) is 0 Å². The van der Waals surface area contributed by atoms with Crippen LogP contribution in [0.1, 0.15) is 71.3 Å². The van der Waals surface area contributed by atoms with Gasteiger partial charge in [0.2, 0.25) is 0 Å². The molecule has 3 nitrogen and oxygen atoms in total. The molecule has 5 rings (SSSR count). The molecule has 0 radical (unpaired) electrons. The molecule has 4 aliphatic rings. The van der Waals surface area contributed by atoms with Gasteiger partial charge in [-0.15, -0.1) is 0 Å². The first-order valence-electron chi connectivity index (χ1n) is 12.0. The number of fused-ring (bicyclic) bond motifs is 5. The maximum Gasteiger partial charge on any atom is 0.302 e. The highest BCUT2D eigenvalue weighted by molar-refractivity contribution is 6.05. The monoisotopic (exact) mass is 418 g/mol. The van der Waals surface area contributed by atoms with Gasteiger partial charge in [-0.05, 0) is 78.9 Å². The van der Waals surface area contributed by atoms with E-state index in [2.05, 4.69) is 38.1 Å². The fraction of sp³-hybridized carbons (Fsp3) is 0.571. The predicted molar refractivity (Wildman–Crippen MR) is 122 cm³/mol. The average Bonchev–Trinajstić information content (AvgIpc) is 2.99. The number of hydrogen-bond donors (Lipinski definition) is 0. The van der Waals surface area contributed by atoms with Crippen molar-refractivity contribution >= 4 is 17.8 Å². The van der Waals surface area contributed by atoms with Crippen LogP contribution in [0.3, 0.4) is 0 Å². The summed E-state index contributed by atoms with van der Waals surface area (Å²) in [7, 11) is 0. The molecule has 0 bridgehead atoms. The zero-order valence-corrected chi connectivity index (χ0v) is 19.0. The molecular weight excluding hydrogens is 384 g/mol. The van der Waals surface area contributed by atoms with Crippen molar-refractivity contribution in [1.29, 1.82) is 0 Å². The van der Waals surface area contributed by atoms with E-state index in [1.165, 1.54) is 12.5 Å². The lowest BCUT2D eigenvalue weighted by atomic mass is 9.48. The van der Waals surface area contributed by atoms with Gasteiger partial charge in [-0.2, -0.15) is 0 Å². The van der Waals surface area contributed by atoms with Crippen molar-refractivity contribution in [2.75, 3.05) is 0 Å². The maximum absolute atomic E-state index is 13.5. The van der Waals surface area contributed by atoms with Crippen LogP contribution >= 0.6 is 0 Å². The number of ketones is 1. The zero-order chi connectivity index (χ0) is 21.8. The second-order valence-corrected chi connectivity index (χ2v) is 10.8. The predicted octanol–water partition coefficient (Wildman–Crippen LogP) is 6.14. The number of allylic oxidation sites excluding steroid dienone is 2. The fourth-order valence-electron chi connectivity index (χ4n) is 7.51. The van der Waals surface area contributed by atoms with E-state index in [0.717, 1.165) is 56.1 Å². The van der Waals surface area contributed by atoms with Crippen LogP contribution in [0.25, 0.3) is 6.08 Å². The Kier molecular flexibility index (Phi) is 4.99. The van der Waals surface area contributed by atoms with E-state index in [9.17, 15) is 9.59 Å². The summed E-state index contributed by atoms with van der Waals surface area (Å²) in [6.07, 6.45) is 11.7. The third-order valence-electron chi connectivity index (χ3n) is 9.17. The van der Waals surface area contributed by atoms with Crippen molar-refractivity contribution < 1.29 is 14.3 Å². The summed E-state index contributed by atoms with van der Waals surface area (Å²) < 4.78 is 5.56. The normalized spacial score (nSPS) is 40.5. The lowest BCUT2D eigenvalue weighted by molar-refractivity contribution is -0.148. The van der Waals surface area contributed by atoms with Crippen molar-refractivity contribution in [3.63, 3.8) is 0 Å². The van der Waals surface area contributed by atoms with Gasteiger partial charge in [0, 0.05) is 18.8 Å². The summed E-state index contributed by atoms with van der Waals surface area (Å²) in [6, 6.07) is 10.3. The Hall–Kier alpha value is -2.16. The Morgan fingerprint density at radius 2 is 1.77 bits per heavy atom. The van der Waals surface area contributed by atoms with E-state index >= 15 is 0 Å². The minimum absolute atomic E-state index is 0.0377. The highest BCUT2D eigenvalue weighted by Crippen LogP contribution is 2.64. The van der Waals surface area contributed by atoms with Crippen LogP contribution < -0.4 is 0 Å². The van der Waals surface area contributed by atoms with Crippen molar-refractivity contribution in [3.05, 3.63) is 53.1 Å². The molecule has 0 spiro atoms. The quantitative estimate of drug-likeness (QED) is 0.329. The zero-order valence-electron chi connectivity index (χ0n) is 19.0. The van der Waals surface area contributed by atoms with Crippen LogP contribution in [0.4, 0.5) is 0 Å². The van der Waals surface area contributed by atoms with Crippen molar-refractivity contribution in [2.45, 2.75) is 71.8 Å². The second kappa shape index (κ2) is 7.46. The van der Waals surface area contributed by atoms with Gasteiger partial charge in [-0.1, -0.05) is 55.8 Å². The van der Waals surface area contributed by atoms with Gasteiger partial charge in [0.05, 0.1) is 0 Å². The summed E-state index contributed by atoms with van der Waals surface area (Å²) >= 11 is 0. The molecule has 0 unspecified atom stereocenters. The molecule has 4 aliphatic carbocycles. The molecule has 31 heavy (non-hydrogen) atoms. The first-order chi connectivity index (χ1) is 14.8. The van der Waals surface area contributed by atoms with Gasteiger partial charge in [0.1, 0.15) is 6.10 Å². The Balaban J connectivity index is 1.42. The molecule has 1 aromatic carbocycles. The summed E-state index contributed by atoms with van der Waals surface area (Å²) in [4.78, 5) is 25.0. The molecule has 3 fully saturated rings. The Labute approximate surface area is 185 Å². The standard InChI is InChI=1S/C28H34O3/c1-18(29)31-22-11-13-27(2)21(17-22)9-10-23-24(27)12-14-28(3)25(23)16-20(26(28)30)15-19-7-5-4-6-8-19/h4-9,15,22-25H,10-14,16-17H2,1-3H3/b20-15-/t22-,23-,24-,25+,27-,28+/m1/s1. The van der Waals surface area contributed by atoms with Crippen LogP contribution in [0.5, 0.6) is 0 Å². The smallest absolute Gasteiger partial charge is 0.302 e. The molecule has 6 atom stereocenters. The van der Waals surface area contributed by atoms with Crippen LogP contribution in [0, 0.1) is 28.6 Å². The molecule has 3 heteroatoms. The number of carbonyl (C=O) groups is 2. The lowest BCUT2D eigenvalue weighted by Gasteiger charge is -2.56. The fourth-order valence-corrected chi connectivity index (χ4v) is 7.51. The summed E-state index contributed by atoms with van der Waals surface area (Å²) in [5.41, 5.74) is 3.64. The van der Waals surface area contributed by atoms with Crippen LogP contribution in [-0.4, -0.2) is 17.9 Å². The van der Waals surface area contributed by atoms with E-state index in [1.54, 1.807) is 0 Å². The Morgan fingerprint density at radius 3 is 2.52 bits per heavy atom. The number of hydrogen-bond acceptors (Lipinski definition) is 3. The van der Waals surface area contributed by atoms with Gasteiger partial charge in [-0.3, -0.25) is 9.59 Å². The second-order valence-electron chi connectivity index (χ2n) is 10.8. The third kappa shape index (κ3) is 3.32. The first kappa shape index (κ1) is 20.7. The lowest BCUT2D eigenvalue weighted by Crippen LogP contribution is -2.50. The molecule has 0 saturated heterocycles. The Morgan fingerprint density at radius 1 is 1.03 bits per heavy atom. The number of rotatable bonds is 2. The number of esters is 1. The van der Waals surface area contributed by atoms with Gasteiger partial charge >= 0.3 is 5.97 Å². The summed E-state index contributed by atoms with van der Waals surface area (Å²) in [6.45, 7) is 6.19. The minimum atomic E-state index is -0.210. The van der Waals surface area contributed by atoms with Gasteiger partial charge < -0.3 is 4.74 Å². The molecule has 0 N–H and O–H groups in total. The van der Waals surface area contributed by atoms with E-state index in [-0.39, 0.29) is 22.9 Å². The summed E-state index contributed by atoms with van der Waals surface area (Å²) in [5, 5.41) is 0. The van der Waals surface area contributed by atoms with E-state index in [4.69, 9.17) is 4.74 Å². The van der Waals surface area contributed by atoms with Crippen LogP contribution in [-0.2, 0) is 14.3 Å². The molecule has 3 saturated carbocycles. The van der Waals surface area contributed by atoms with E-state index in [1.807, 2.05) is 18.2 Å². The van der Waals surface area contributed by atoms with Crippen LogP contribution in [0.2, 0.25) is 0 Å². The number of benzene rings is 1. The highest BCUT2D eigenvalue weighted by Gasteiger charge is 2.59. The third-order valence-corrected chi connectivity index (χ3v) is 9.17. The van der Waals surface area contributed by atoms with Gasteiger partial charge in [0.15, 0.2) is 5.78 Å². The van der Waals surface area contributed by atoms with Gasteiger partial charge in [-0.25, -0.2) is 0 Å². The number of ether oxygens (including phenoxy) is 1. The molecule has 164 valence electrons. The SMILES string of the molecule is CC(=O)O[C@@H]1CC[C@]2(C)C(=CC[C@@H]3[C@H]2CC[C@]2(C)C(=O)/C(=C\c4ccccc4)C[C@@H]32)C1. The first-order valence-corrected chi connectivity index (χ1v) is 12.0. The minimum Gasteiger partial charge on any atom is -0.462 e. The number of carbonyl (C=O) groups excluding carboxylic acids is 2. The van der Waals surface area contributed by atoms with Crippen molar-refractivity contribution in [2.24, 2.45) is 28.6 Å². The molecule has 0 amide bonds. The highest BCUT2D eigenvalue weighted by atomic mass is 16.5. The van der Waals surface area contributed by atoms with E-state index in [0.29, 0.717) is 23.5 Å². The molecule has 0 aromatic heterocycles. The summed E-state index contributed by atoms with van der Waals surface area (Å²) in [5.74, 6) is 1.86. The maximum atomic E-state index is 13.5. The van der Waals surface area contributed by atoms with E-state index < -0.39 is 0 Å². The van der Waals surface area contributed by atoms with Crippen molar-refractivity contribution in [1.82, 2.24) is 0 Å². The molecular formula is C28H34O3. The Bertz CT molecular complexity index is 958. The number of Topliss-reactive ketones (excluding diaryl/α,β-unsaturated/α-hetero) is 1. The molecule has 0 heterocycles. The topological polar surface area (TPSA) is 43.4 Å². The molecule has 1 aromatic rings. The molecule has 0 aliphatic heterocycles. The largest absolute Gasteiger partial charge is 0.462 e. The van der Waals surface area contributed by atoms with Crippen LogP contribution in [0.15, 0.2) is 47.6 Å². The van der Waals surface area contributed by atoms with Gasteiger partial charge in [0.25, 0.3) is 0 Å². The average molecular weight is 419 g/mol.